The quantitative estimate of drug-likeness (QED) is 0.793. The maximum absolute atomic E-state index is 6.50. The molecule has 1 unspecified atom stereocenters. The number of rotatable bonds is 4. The second-order valence-electron chi connectivity index (χ2n) is 4.77. The lowest BCUT2D eigenvalue weighted by Gasteiger charge is -2.16. The number of methoxy groups -OCH3 is 2. The summed E-state index contributed by atoms with van der Waals surface area (Å²) in [6.45, 7) is 0. The number of ether oxygens (including phenoxy) is 2. The lowest BCUT2D eigenvalue weighted by Crippen LogP contribution is -2.12. The summed E-state index contributed by atoms with van der Waals surface area (Å²) >= 11 is 1.71. The average molecular weight is 299 g/mol. The summed E-state index contributed by atoms with van der Waals surface area (Å²) in [6.07, 6.45) is 0. The molecule has 2 aromatic carbocycles. The van der Waals surface area contributed by atoms with Gasteiger partial charge in [-0.1, -0.05) is 18.2 Å². The van der Waals surface area contributed by atoms with Crippen LogP contribution in [-0.2, 0) is 0 Å². The molecule has 1 heterocycles. The van der Waals surface area contributed by atoms with Crippen LogP contribution in [0, 0.1) is 0 Å². The maximum atomic E-state index is 6.50. The second kappa shape index (κ2) is 5.76. The third-order valence-corrected chi connectivity index (χ3v) is 4.60. The van der Waals surface area contributed by atoms with Crippen LogP contribution in [0.4, 0.5) is 0 Å². The number of hydrogen-bond donors (Lipinski definition) is 1. The minimum atomic E-state index is -0.244. The fourth-order valence-electron chi connectivity index (χ4n) is 2.49. The third-order valence-electron chi connectivity index (χ3n) is 3.62. The summed E-state index contributed by atoms with van der Waals surface area (Å²) in [5, 5.41) is 3.31. The molecule has 0 aliphatic rings. The molecule has 0 aliphatic heterocycles. The first-order valence-corrected chi connectivity index (χ1v) is 7.56. The molecule has 0 fully saturated rings. The third kappa shape index (κ3) is 2.48. The number of hydrogen-bond acceptors (Lipinski definition) is 4. The van der Waals surface area contributed by atoms with Gasteiger partial charge in [-0.15, -0.1) is 11.3 Å². The van der Waals surface area contributed by atoms with Crippen LogP contribution in [0.5, 0.6) is 11.5 Å². The molecule has 0 bridgehead atoms. The van der Waals surface area contributed by atoms with Crippen molar-refractivity contribution in [3.63, 3.8) is 0 Å². The summed E-state index contributed by atoms with van der Waals surface area (Å²) in [5.41, 5.74) is 8.54. The summed E-state index contributed by atoms with van der Waals surface area (Å²) in [7, 11) is 3.31. The Morgan fingerprint density at radius 2 is 1.81 bits per heavy atom. The van der Waals surface area contributed by atoms with Gasteiger partial charge in [0, 0.05) is 10.3 Å². The van der Waals surface area contributed by atoms with Crippen molar-refractivity contribution in [2.45, 2.75) is 6.04 Å². The van der Waals surface area contributed by atoms with E-state index < -0.39 is 0 Å². The maximum Gasteiger partial charge on any atom is 0.124 e. The molecular weight excluding hydrogens is 282 g/mol. The number of benzene rings is 2. The Bertz CT molecular complexity index is 766. The van der Waals surface area contributed by atoms with Crippen molar-refractivity contribution in [2.24, 2.45) is 5.73 Å². The number of fused-ring (bicyclic) bond motifs is 1. The fourth-order valence-corrected chi connectivity index (χ4v) is 3.49. The summed E-state index contributed by atoms with van der Waals surface area (Å²) in [5.74, 6) is 1.55. The van der Waals surface area contributed by atoms with E-state index in [9.17, 15) is 0 Å². The number of nitrogens with two attached hydrogens (primary N) is 1. The summed E-state index contributed by atoms with van der Waals surface area (Å²) < 4.78 is 12.0. The zero-order valence-corrected chi connectivity index (χ0v) is 12.8. The molecule has 2 N–H and O–H groups in total. The first-order valence-electron chi connectivity index (χ1n) is 6.68. The second-order valence-corrected chi connectivity index (χ2v) is 5.68. The lowest BCUT2D eigenvalue weighted by atomic mass is 9.98. The van der Waals surface area contributed by atoms with Gasteiger partial charge in [0.05, 0.1) is 20.3 Å². The van der Waals surface area contributed by atoms with E-state index in [1.165, 1.54) is 10.1 Å². The molecule has 0 saturated carbocycles. The summed E-state index contributed by atoms with van der Waals surface area (Å²) in [6, 6.07) is 13.8. The molecular formula is C17H17NO2S. The highest BCUT2D eigenvalue weighted by atomic mass is 32.1. The van der Waals surface area contributed by atoms with Crippen LogP contribution in [0.1, 0.15) is 17.2 Å². The predicted octanol–water partition coefficient (Wildman–Crippen LogP) is 3.97. The van der Waals surface area contributed by atoms with Crippen molar-refractivity contribution in [2.75, 3.05) is 14.2 Å². The SMILES string of the molecule is COc1ccc(OC)c(C(N)c2csc3ccccc23)c1. The van der Waals surface area contributed by atoms with Crippen molar-refractivity contribution in [1.29, 1.82) is 0 Å². The Kier molecular flexibility index (Phi) is 3.82. The van der Waals surface area contributed by atoms with E-state index >= 15 is 0 Å². The van der Waals surface area contributed by atoms with Gasteiger partial charge in [-0.25, -0.2) is 0 Å². The van der Waals surface area contributed by atoms with Crippen molar-refractivity contribution in [1.82, 2.24) is 0 Å². The van der Waals surface area contributed by atoms with E-state index in [1.54, 1.807) is 25.6 Å². The highest BCUT2D eigenvalue weighted by Gasteiger charge is 2.18. The van der Waals surface area contributed by atoms with E-state index in [-0.39, 0.29) is 6.04 Å². The topological polar surface area (TPSA) is 44.5 Å². The first kappa shape index (κ1) is 13.9. The van der Waals surface area contributed by atoms with Crippen LogP contribution < -0.4 is 15.2 Å². The Balaban J connectivity index is 2.11. The smallest absolute Gasteiger partial charge is 0.124 e. The number of thiophene rings is 1. The van der Waals surface area contributed by atoms with Crippen LogP contribution in [0.3, 0.4) is 0 Å². The molecule has 1 atom stereocenters. The average Bonchev–Trinajstić information content (AvgIpc) is 2.97. The van der Waals surface area contributed by atoms with Gasteiger partial charge < -0.3 is 15.2 Å². The molecule has 3 rings (SSSR count). The van der Waals surface area contributed by atoms with Crippen molar-refractivity contribution >= 4 is 21.4 Å². The molecule has 3 aromatic rings. The van der Waals surface area contributed by atoms with E-state index in [0.717, 1.165) is 22.6 Å². The molecule has 0 saturated heterocycles. The minimum absolute atomic E-state index is 0.244. The lowest BCUT2D eigenvalue weighted by molar-refractivity contribution is 0.397. The largest absolute Gasteiger partial charge is 0.497 e. The van der Waals surface area contributed by atoms with Gasteiger partial charge in [0.25, 0.3) is 0 Å². The van der Waals surface area contributed by atoms with Crippen molar-refractivity contribution < 1.29 is 9.47 Å². The van der Waals surface area contributed by atoms with Crippen molar-refractivity contribution in [3.05, 3.63) is 59.0 Å². The fraction of sp³-hybridized carbons (Fsp3) is 0.176. The Hall–Kier alpha value is -2.04. The Labute approximate surface area is 127 Å². The molecule has 0 amide bonds. The highest BCUT2D eigenvalue weighted by Crippen LogP contribution is 2.36. The minimum Gasteiger partial charge on any atom is -0.497 e. The van der Waals surface area contributed by atoms with E-state index in [4.69, 9.17) is 15.2 Å². The molecule has 0 aliphatic carbocycles. The molecule has 0 spiro atoms. The van der Waals surface area contributed by atoms with Crippen LogP contribution in [-0.4, -0.2) is 14.2 Å². The first-order chi connectivity index (χ1) is 10.2. The standard InChI is InChI=1S/C17H17NO2S/c1-19-11-7-8-15(20-2)13(9-11)17(18)14-10-21-16-6-4-3-5-12(14)16/h3-10,17H,18H2,1-2H3. The zero-order valence-electron chi connectivity index (χ0n) is 12.0. The van der Waals surface area contributed by atoms with Gasteiger partial charge in [0.1, 0.15) is 11.5 Å². The van der Waals surface area contributed by atoms with Gasteiger partial charge in [0.2, 0.25) is 0 Å². The van der Waals surface area contributed by atoms with Gasteiger partial charge in [-0.3, -0.25) is 0 Å². The zero-order chi connectivity index (χ0) is 14.8. The van der Waals surface area contributed by atoms with Gasteiger partial charge >= 0.3 is 0 Å². The van der Waals surface area contributed by atoms with Crippen molar-refractivity contribution in [3.8, 4) is 11.5 Å². The van der Waals surface area contributed by atoms with E-state index in [0.29, 0.717) is 0 Å². The Morgan fingerprint density at radius 3 is 2.57 bits per heavy atom. The molecule has 3 nitrogen and oxygen atoms in total. The van der Waals surface area contributed by atoms with Gasteiger partial charge in [-0.05, 0) is 40.6 Å². The molecule has 108 valence electrons. The van der Waals surface area contributed by atoms with E-state index in [1.807, 2.05) is 30.3 Å². The van der Waals surface area contributed by atoms with Crippen LogP contribution in [0.15, 0.2) is 47.8 Å². The molecule has 4 heteroatoms. The normalized spacial score (nSPS) is 12.3. The van der Waals surface area contributed by atoms with Crippen LogP contribution in [0.2, 0.25) is 0 Å². The monoisotopic (exact) mass is 299 g/mol. The van der Waals surface area contributed by atoms with E-state index in [2.05, 4.69) is 17.5 Å². The molecule has 21 heavy (non-hydrogen) atoms. The predicted molar refractivity (Wildman–Crippen MR) is 87.4 cm³/mol. The Morgan fingerprint density at radius 1 is 1.00 bits per heavy atom. The summed E-state index contributed by atoms with van der Waals surface area (Å²) in [4.78, 5) is 0. The van der Waals surface area contributed by atoms with Gasteiger partial charge in [-0.2, -0.15) is 0 Å². The highest BCUT2D eigenvalue weighted by molar-refractivity contribution is 7.17. The molecule has 0 radical (unpaired) electrons. The van der Waals surface area contributed by atoms with Gasteiger partial charge in [0.15, 0.2) is 0 Å². The van der Waals surface area contributed by atoms with Crippen LogP contribution >= 0.6 is 11.3 Å². The van der Waals surface area contributed by atoms with Crippen LogP contribution in [0.25, 0.3) is 10.1 Å². The molecule has 1 aromatic heterocycles.